The van der Waals surface area contributed by atoms with Gasteiger partial charge in [0.15, 0.2) is 0 Å². The van der Waals surface area contributed by atoms with Gasteiger partial charge in [-0.1, -0.05) is 18.5 Å². The fraction of sp³-hybridized carbons (Fsp3) is 0.357. The molecular weight excluding hydrogens is 290 g/mol. The molecule has 6 nitrogen and oxygen atoms in total. The molecule has 0 aliphatic heterocycles. The van der Waals surface area contributed by atoms with E-state index in [1.807, 2.05) is 13.1 Å². The highest BCUT2D eigenvalue weighted by Crippen LogP contribution is 2.16. The zero-order valence-electron chi connectivity index (χ0n) is 12.1. The third kappa shape index (κ3) is 3.95. The van der Waals surface area contributed by atoms with E-state index in [-0.39, 0.29) is 11.6 Å². The lowest BCUT2D eigenvalue weighted by Crippen LogP contribution is -2.25. The largest absolute Gasteiger partial charge is 0.370 e. The second-order valence-electron chi connectivity index (χ2n) is 4.58. The summed E-state index contributed by atoms with van der Waals surface area (Å²) in [6, 6.07) is 5.27. The molecule has 0 saturated heterocycles. The van der Waals surface area contributed by atoms with Crippen molar-refractivity contribution in [1.82, 2.24) is 20.1 Å². The Morgan fingerprint density at radius 3 is 2.86 bits per heavy atom. The molecular formula is C14H18ClN5O. The van der Waals surface area contributed by atoms with E-state index < -0.39 is 0 Å². The molecule has 0 radical (unpaired) electrons. The molecule has 2 aromatic rings. The first-order valence-corrected chi connectivity index (χ1v) is 7.15. The molecule has 2 aromatic heterocycles. The Bertz CT molecular complexity index is 626. The van der Waals surface area contributed by atoms with Gasteiger partial charge in [0.05, 0.1) is 17.3 Å². The van der Waals surface area contributed by atoms with Gasteiger partial charge in [-0.3, -0.25) is 9.48 Å². The van der Waals surface area contributed by atoms with Gasteiger partial charge in [0.1, 0.15) is 11.5 Å². The van der Waals surface area contributed by atoms with Crippen LogP contribution in [-0.4, -0.2) is 27.2 Å². The van der Waals surface area contributed by atoms with E-state index in [1.165, 1.54) is 0 Å². The summed E-state index contributed by atoms with van der Waals surface area (Å²) in [6.07, 6.45) is 2.66. The van der Waals surface area contributed by atoms with Gasteiger partial charge in [-0.05, 0) is 24.6 Å². The van der Waals surface area contributed by atoms with Gasteiger partial charge in [-0.2, -0.15) is 5.10 Å². The van der Waals surface area contributed by atoms with E-state index in [1.54, 1.807) is 23.0 Å². The number of aromatic nitrogens is 3. The van der Waals surface area contributed by atoms with Crippen molar-refractivity contribution in [2.45, 2.75) is 19.9 Å². The molecule has 2 heterocycles. The Kier molecular flexibility index (Phi) is 5.16. The van der Waals surface area contributed by atoms with Crippen molar-refractivity contribution in [1.29, 1.82) is 0 Å². The van der Waals surface area contributed by atoms with Crippen molar-refractivity contribution in [2.75, 3.05) is 11.9 Å². The van der Waals surface area contributed by atoms with Crippen LogP contribution in [0.25, 0.3) is 0 Å². The van der Waals surface area contributed by atoms with Gasteiger partial charge < -0.3 is 10.6 Å². The van der Waals surface area contributed by atoms with Crippen molar-refractivity contribution in [3.05, 3.63) is 40.8 Å². The molecule has 1 amide bonds. The van der Waals surface area contributed by atoms with E-state index in [2.05, 4.69) is 27.6 Å². The summed E-state index contributed by atoms with van der Waals surface area (Å²) in [5.74, 6) is 0.341. The first-order valence-electron chi connectivity index (χ1n) is 6.77. The number of nitrogens with one attached hydrogen (secondary N) is 2. The highest BCUT2D eigenvalue weighted by atomic mass is 35.5. The lowest BCUT2D eigenvalue weighted by Gasteiger charge is -2.09. The van der Waals surface area contributed by atoms with Crippen LogP contribution in [0.3, 0.4) is 0 Å². The molecule has 0 saturated carbocycles. The topological polar surface area (TPSA) is 71.8 Å². The maximum absolute atomic E-state index is 12.2. The lowest BCUT2D eigenvalue weighted by molar-refractivity contribution is 0.0945. The number of aryl methyl sites for hydroxylation is 1. The summed E-state index contributed by atoms with van der Waals surface area (Å²) in [5.41, 5.74) is 1.12. The fourth-order valence-electron chi connectivity index (χ4n) is 1.78. The first-order chi connectivity index (χ1) is 10.1. The van der Waals surface area contributed by atoms with Gasteiger partial charge in [0.2, 0.25) is 0 Å². The number of pyridine rings is 1. The SMILES string of the molecule is CCCNc1ccc(Cl)c(C(=O)NCc2ccnn2C)n1. The van der Waals surface area contributed by atoms with E-state index in [4.69, 9.17) is 11.6 Å². The second-order valence-corrected chi connectivity index (χ2v) is 4.99. The second kappa shape index (κ2) is 7.08. The molecule has 0 spiro atoms. The monoisotopic (exact) mass is 307 g/mol. The summed E-state index contributed by atoms with van der Waals surface area (Å²) >= 11 is 6.05. The molecule has 2 rings (SSSR count). The van der Waals surface area contributed by atoms with Gasteiger partial charge in [-0.15, -0.1) is 0 Å². The van der Waals surface area contributed by atoms with Crippen LogP contribution in [0.15, 0.2) is 24.4 Å². The van der Waals surface area contributed by atoms with Gasteiger partial charge in [0, 0.05) is 19.8 Å². The minimum absolute atomic E-state index is 0.222. The maximum Gasteiger partial charge on any atom is 0.271 e. The molecule has 112 valence electrons. The van der Waals surface area contributed by atoms with Crippen LogP contribution in [0, 0.1) is 0 Å². The Labute approximate surface area is 128 Å². The van der Waals surface area contributed by atoms with Crippen LogP contribution in [0.4, 0.5) is 5.82 Å². The van der Waals surface area contributed by atoms with E-state index in [0.717, 1.165) is 18.7 Å². The highest BCUT2D eigenvalue weighted by Gasteiger charge is 2.13. The van der Waals surface area contributed by atoms with Crippen molar-refractivity contribution in [2.24, 2.45) is 7.05 Å². The molecule has 7 heteroatoms. The molecule has 0 aromatic carbocycles. The molecule has 0 aliphatic rings. The molecule has 2 N–H and O–H groups in total. The van der Waals surface area contributed by atoms with Crippen LogP contribution >= 0.6 is 11.6 Å². The number of nitrogens with zero attached hydrogens (tertiary/aromatic N) is 3. The van der Waals surface area contributed by atoms with Crippen molar-refractivity contribution in [3.8, 4) is 0 Å². The van der Waals surface area contributed by atoms with Crippen LogP contribution in [0.2, 0.25) is 5.02 Å². The number of anilines is 1. The predicted molar refractivity (Wildman–Crippen MR) is 82.4 cm³/mol. The molecule has 0 unspecified atom stereocenters. The Hall–Kier alpha value is -2.08. The van der Waals surface area contributed by atoms with E-state index >= 15 is 0 Å². The average molecular weight is 308 g/mol. The third-order valence-corrected chi connectivity index (χ3v) is 3.27. The Morgan fingerprint density at radius 2 is 2.19 bits per heavy atom. The van der Waals surface area contributed by atoms with Crippen LogP contribution < -0.4 is 10.6 Å². The number of halogens is 1. The number of carbonyl (C=O) groups is 1. The van der Waals surface area contributed by atoms with Gasteiger partial charge in [0.25, 0.3) is 5.91 Å². The maximum atomic E-state index is 12.2. The Morgan fingerprint density at radius 1 is 1.38 bits per heavy atom. The molecule has 21 heavy (non-hydrogen) atoms. The summed E-state index contributed by atoms with van der Waals surface area (Å²) in [5, 5.41) is 10.3. The van der Waals surface area contributed by atoms with Gasteiger partial charge >= 0.3 is 0 Å². The van der Waals surface area contributed by atoms with Gasteiger partial charge in [-0.25, -0.2) is 4.98 Å². The normalized spacial score (nSPS) is 10.4. The zero-order valence-corrected chi connectivity index (χ0v) is 12.8. The van der Waals surface area contributed by atoms with Crippen LogP contribution in [0.5, 0.6) is 0 Å². The van der Waals surface area contributed by atoms with Crippen LogP contribution in [-0.2, 0) is 13.6 Å². The molecule has 0 aliphatic carbocycles. The number of carbonyl (C=O) groups excluding carboxylic acids is 1. The molecule has 0 fully saturated rings. The number of rotatable bonds is 6. The minimum atomic E-state index is -0.304. The Balaban J connectivity index is 2.05. The first kappa shape index (κ1) is 15.3. The van der Waals surface area contributed by atoms with Crippen molar-refractivity contribution < 1.29 is 4.79 Å². The average Bonchev–Trinajstić information content (AvgIpc) is 2.89. The third-order valence-electron chi connectivity index (χ3n) is 2.97. The zero-order chi connectivity index (χ0) is 15.2. The summed E-state index contributed by atoms with van der Waals surface area (Å²) in [4.78, 5) is 16.4. The number of hydrogen-bond acceptors (Lipinski definition) is 4. The van der Waals surface area contributed by atoms with Crippen molar-refractivity contribution >= 4 is 23.3 Å². The van der Waals surface area contributed by atoms with E-state index in [0.29, 0.717) is 17.4 Å². The summed E-state index contributed by atoms with van der Waals surface area (Å²) < 4.78 is 1.70. The lowest BCUT2D eigenvalue weighted by atomic mass is 10.3. The van der Waals surface area contributed by atoms with Crippen molar-refractivity contribution in [3.63, 3.8) is 0 Å². The summed E-state index contributed by atoms with van der Waals surface area (Å²) in [6.45, 7) is 3.23. The standard InChI is InChI=1S/C14H18ClN5O/c1-3-7-16-12-5-4-11(15)13(19-12)14(21)17-9-10-6-8-18-20(10)2/h4-6,8H,3,7,9H2,1-2H3,(H,16,19)(H,17,21). The quantitative estimate of drug-likeness (QED) is 0.858. The van der Waals surface area contributed by atoms with E-state index in [9.17, 15) is 4.79 Å². The molecule has 0 atom stereocenters. The summed E-state index contributed by atoms with van der Waals surface area (Å²) in [7, 11) is 1.82. The predicted octanol–water partition coefficient (Wildman–Crippen LogP) is 2.22. The highest BCUT2D eigenvalue weighted by molar-refractivity contribution is 6.33. The molecule has 0 bridgehead atoms. The smallest absolute Gasteiger partial charge is 0.271 e. The van der Waals surface area contributed by atoms with Crippen LogP contribution in [0.1, 0.15) is 29.5 Å². The number of amides is 1. The fourth-order valence-corrected chi connectivity index (χ4v) is 1.97. The number of hydrogen-bond donors (Lipinski definition) is 2. The minimum Gasteiger partial charge on any atom is -0.370 e.